The summed E-state index contributed by atoms with van der Waals surface area (Å²) >= 11 is 0. The van der Waals surface area contributed by atoms with Crippen molar-refractivity contribution < 1.29 is 9.66 Å². The number of fused-ring (bicyclic) bond motifs is 1. The van der Waals surface area contributed by atoms with Gasteiger partial charge in [0.05, 0.1) is 11.5 Å². The fourth-order valence-electron chi connectivity index (χ4n) is 2.89. The highest BCUT2D eigenvalue weighted by Crippen LogP contribution is 2.27. The summed E-state index contributed by atoms with van der Waals surface area (Å²) < 4.78 is 5.91. The zero-order valence-electron chi connectivity index (χ0n) is 15.1. The van der Waals surface area contributed by atoms with E-state index in [1.54, 1.807) is 19.2 Å². The van der Waals surface area contributed by atoms with Crippen LogP contribution in [0, 0.1) is 10.1 Å². The minimum Gasteiger partial charge on any atom is -0.488 e. The molecule has 1 aliphatic rings. The SMILES string of the molecule is CN=C(NCCNc1ccc([N+](=O)[O-])cc1)NCC1Cc2ccccc2O1. The largest absolute Gasteiger partial charge is 0.488 e. The Morgan fingerprint density at radius 1 is 1.19 bits per heavy atom. The van der Waals surface area contributed by atoms with Gasteiger partial charge in [0, 0.05) is 44.4 Å². The fraction of sp³-hybridized carbons (Fsp3) is 0.316. The summed E-state index contributed by atoms with van der Waals surface area (Å²) in [5.41, 5.74) is 2.15. The molecular weight excluding hydrogens is 346 g/mol. The Bertz CT molecular complexity index is 782. The molecule has 2 aromatic carbocycles. The van der Waals surface area contributed by atoms with Crippen molar-refractivity contribution in [3.05, 3.63) is 64.2 Å². The van der Waals surface area contributed by atoms with Crippen LogP contribution in [0.1, 0.15) is 5.56 Å². The van der Waals surface area contributed by atoms with Crippen LogP contribution in [0.2, 0.25) is 0 Å². The molecule has 0 aliphatic carbocycles. The van der Waals surface area contributed by atoms with Crippen molar-refractivity contribution >= 4 is 17.3 Å². The monoisotopic (exact) mass is 369 g/mol. The summed E-state index contributed by atoms with van der Waals surface area (Å²) in [5.74, 6) is 1.67. The second kappa shape index (κ2) is 8.88. The Morgan fingerprint density at radius 2 is 1.96 bits per heavy atom. The van der Waals surface area contributed by atoms with Crippen LogP contribution >= 0.6 is 0 Å². The third-order valence-corrected chi connectivity index (χ3v) is 4.26. The molecule has 1 atom stereocenters. The van der Waals surface area contributed by atoms with Crippen LogP contribution in [0.5, 0.6) is 5.75 Å². The van der Waals surface area contributed by atoms with E-state index in [4.69, 9.17) is 4.74 Å². The first-order chi connectivity index (χ1) is 13.2. The van der Waals surface area contributed by atoms with Crippen LogP contribution < -0.4 is 20.7 Å². The summed E-state index contributed by atoms with van der Waals surface area (Å²) in [6.07, 6.45) is 0.987. The molecule has 0 saturated heterocycles. The van der Waals surface area contributed by atoms with Crippen molar-refractivity contribution in [2.75, 3.05) is 32.0 Å². The van der Waals surface area contributed by atoms with Gasteiger partial charge in [0.2, 0.25) is 0 Å². The van der Waals surface area contributed by atoms with Gasteiger partial charge in [-0.15, -0.1) is 0 Å². The molecule has 0 spiro atoms. The van der Waals surface area contributed by atoms with Gasteiger partial charge in [-0.3, -0.25) is 15.1 Å². The quantitative estimate of drug-likeness (QED) is 0.227. The van der Waals surface area contributed by atoms with E-state index in [1.165, 1.54) is 17.7 Å². The molecule has 27 heavy (non-hydrogen) atoms. The number of benzene rings is 2. The first-order valence-corrected chi connectivity index (χ1v) is 8.83. The summed E-state index contributed by atoms with van der Waals surface area (Å²) in [6, 6.07) is 14.4. The van der Waals surface area contributed by atoms with Gasteiger partial charge >= 0.3 is 0 Å². The predicted octanol–water partition coefficient (Wildman–Crippen LogP) is 2.18. The molecule has 1 unspecified atom stereocenters. The minimum atomic E-state index is -0.409. The average molecular weight is 369 g/mol. The van der Waals surface area contributed by atoms with Crippen molar-refractivity contribution in [3.63, 3.8) is 0 Å². The molecule has 0 amide bonds. The van der Waals surface area contributed by atoms with E-state index in [0.717, 1.165) is 17.9 Å². The van der Waals surface area contributed by atoms with E-state index in [0.29, 0.717) is 25.6 Å². The Kier molecular flexibility index (Phi) is 6.09. The number of hydrogen-bond donors (Lipinski definition) is 3. The van der Waals surface area contributed by atoms with Crippen LogP contribution in [0.4, 0.5) is 11.4 Å². The number of aliphatic imine (C=N–C) groups is 1. The van der Waals surface area contributed by atoms with Gasteiger partial charge in [-0.05, 0) is 23.8 Å². The average Bonchev–Trinajstić information content (AvgIpc) is 3.10. The van der Waals surface area contributed by atoms with Gasteiger partial charge < -0.3 is 20.7 Å². The number of non-ortho nitro benzene ring substituents is 1. The highest BCUT2D eigenvalue weighted by molar-refractivity contribution is 5.79. The Balaban J connectivity index is 1.35. The lowest BCUT2D eigenvalue weighted by molar-refractivity contribution is -0.384. The Morgan fingerprint density at radius 3 is 2.67 bits per heavy atom. The molecule has 1 aliphatic heterocycles. The third-order valence-electron chi connectivity index (χ3n) is 4.26. The molecule has 0 bridgehead atoms. The number of nitrogens with one attached hydrogen (secondary N) is 3. The van der Waals surface area contributed by atoms with Crippen molar-refractivity contribution in [2.24, 2.45) is 4.99 Å². The highest BCUT2D eigenvalue weighted by Gasteiger charge is 2.22. The van der Waals surface area contributed by atoms with Crippen LogP contribution in [-0.2, 0) is 6.42 Å². The van der Waals surface area contributed by atoms with Gasteiger partial charge in [-0.1, -0.05) is 18.2 Å². The molecular formula is C19H23N5O3. The van der Waals surface area contributed by atoms with Crippen molar-refractivity contribution in [1.82, 2.24) is 10.6 Å². The predicted molar refractivity (Wildman–Crippen MR) is 106 cm³/mol. The summed E-state index contributed by atoms with van der Waals surface area (Å²) in [7, 11) is 1.73. The number of nitro benzene ring substituents is 1. The van der Waals surface area contributed by atoms with Gasteiger partial charge in [0.25, 0.3) is 5.69 Å². The van der Waals surface area contributed by atoms with E-state index in [-0.39, 0.29) is 11.8 Å². The van der Waals surface area contributed by atoms with E-state index in [9.17, 15) is 10.1 Å². The Hall–Kier alpha value is -3.29. The van der Waals surface area contributed by atoms with Crippen molar-refractivity contribution in [2.45, 2.75) is 12.5 Å². The van der Waals surface area contributed by atoms with Crippen LogP contribution in [0.25, 0.3) is 0 Å². The number of nitrogens with zero attached hydrogens (tertiary/aromatic N) is 2. The van der Waals surface area contributed by atoms with E-state index < -0.39 is 4.92 Å². The zero-order valence-corrected chi connectivity index (χ0v) is 15.1. The standard InChI is InChI=1S/C19H23N5O3/c1-20-19(23-13-17-12-14-4-2-3-5-18(14)27-17)22-11-10-21-15-6-8-16(9-7-15)24(25)26/h2-9,17,21H,10-13H2,1H3,(H2,20,22,23). The molecule has 0 radical (unpaired) electrons. The van der Waals surface area contributed by atoms with Crippen molar-refractivity contribution in [1.29, 1.82) is 0 Å². The number of guanidine groups is 1. The topological polar surface area (TPSA) is 101 Å². The third kappa shape index (κ3) is 5.10. The normalized spacial score (nSPS) is 15.6. The molecule has 8 heteroatoms. The van der Waals surface area contributed by atoms with Gasteiger partial charge in [-0.25, -0.2) is 0 Å². The number of anilines is 1. The maximum Gasteiger partial charge on any atom is 0.269 e. The molecule has 142 valence electrons. The molecule has 8 nitrogen and oxygen atoms in total. The lowest BCUT2D eigenvalue weighted by Gasteiger charge is -2.16. The van der Waals surface area contributed by atoms with E-state index in [2.05, 4.69) is 27.0 Å². The molecule has 0 aromatic heterocycles. The zero-order chi connectivity index (χ0) is 19.1. The number of rotatable bonds is 7. The molecule has 0 saturated carbocycles. The van der Waals surface area contributed by atoms with Crippen LogP contribution in [0.15, 0.2) is 53.5 Å². The number of nitro groups is 1. The van der Waals surface area contributed by atoms with Gasteiger partial charge in [0.1, 0.15) is 11.9 Å². The second-order valence-corrected chi connectivity index (χ2v) is 6.16. The molecule has 0 fully saturated rings. The van der Waals surface area contributed by atoms with Crippen LogP contribution in [0.3, 0.4) is 0 Å². The maximum absolute atomic E-state index is 10.6. The minimum absolute atomic E-state index is 0.0829. The smallest absolute Gasteiger partial charge is 0.269 e. The summed E-state index contributed by atoms with van der Waals surface area (Å²) in [5, 5.41) is 20.4. The molecule has 3 rings (SSSR count). The van der Waals surface area contributed by atoms with Crippen molar-refractivity contribution in [3.8, 4) is 5.75 Å². The Labute approximate surface area is 157 Å². The fourth-order valence-corrected chi connectivity index (χ4v) is 2.89. The number of ether oxygens (including phenoxy) is 1. The lowest BCUT2D eigenvalue weighted by atomic mass is 10.1. The van der Waals surface area contributed by atoms with E-state index in [1.807, 2.05) is 18.2 Å². The summed E-state index contributed by atoms with van der Waals surface area (Å²) in [4.78, 5) is 14.4. The van der Waals surface area contributed by atoms with E-state index >= 15 is 0 Å². The second-order valence-electron chi connectivity index (χ2n) is 6.16. The summed E-state index contributed by atoms with van der Waals surface area (Å²) in [6.45, 7) is 1.98. The first-order valence-electron chi connectivity index (χ1n) is 8.83. The first kappa shape index (κ1) is 18.5. The van der Waals surface area contributed by atoms with Gasteiger partial charge in [0.15, 0.2) is 5.96 Å². The number of para-hydroxylation sites is 1. The van der Waals surface area contributed by atoms with Gasteiger partial charge in [-0.2, -0.15) is 0 Å². The molecule has 3 N–H and O–H groups in total. The number of hydrogen-bond acceptors (Lipinski definition) is 5. The molecule has 2 aromatic rings. The molecule has 1 heterocycles. The maximum atomic E-state index is 10.6. The lowest BCUT2D eigenvalue weighted by Crippen LogP contribution is -2.43. The van der Waals surface area contributed by atoms with Crippen LogP contribution in [-0.4, -0.2) is 43.7 Å². The highest BCUT2D eigenvalue weighted by atomic mass is 16.6.